The van der Waals surface area contributed by atoms with Gasteiger partial charge in [0.25, 0.3) is 0 Å². The van der Waals surface area contributed by atoms with E-state index in [4.69, 9.17) is 4.99 Å². The summed E-state index contributed by atoms with van der Waals surface area (Å²) in [4.78, 5) is 7.37. The molecule has 7 heteroatoms. The van der Waals surface area contributed by atoms with Crippen molar-refractivity contribution in [3.05, 3.63) is 0 Å². The zero-order valence-corrected chi connectivity index (χ0v) is 20.0. The molecule has 0 bridgehead atoms. The monoisotopic (exact) mass is 498 g/mol. The topological polar surface area (TPSA) is 56.7 Å². The van der Waals surface area contributed by atoms with Gasteiger partial charge in [0.05, 0.1) is 6.54 Å². The summed E-state index contributed by atoms with van der Waals surface area (Å²) in [5.74, 6) is 1.71. The average Bonchev–Trinajstić information content (AvgIpc) is 2.63. The molecule has 2 fully saturated rings. The van der Waals surface area contributed by atoms with Crippen LogP contribution in [0.15, 0.2) is 4.99 Å². The van der Waals surface area contributed by atoms with Crippen LogP contribution >= 0.6 is 24.0 Å². The number of piperidine rings is 1. The van der Waals surface area contributed by atoms with Crippen LogP contribution in [0.5, 0.6) is 0 Å². The molecular formula is C19H39IN4OS. The lowest BCUT2D eigenvalue weighted by Gasteiger charge is -2.33. The molecule has 1 saturated heterocycles. The summed E-state index contributed by atoms with van der Waals surface area (Å²) < 4.78 is 12.1. The van der Waals surface area contributed by atoms with E-state index in [2.05, 4.69) is 29.4 Å². The highest BCUT2D eigenvalue weighted by Crippen LogP contribution is 2.23. The lowest BCUT2D eigenvalue weighted by molar-refractivity contribution is 0.166. The standard InChI is InChI=1S/C19H38N4OS.HI/c1-4-20-19(21-12-14-23-13-7-6-9-16(23)3)22-17-10-8-11-18(15-17)25(24)5-2;/h16-18H,4-15H2,1-3H3,(H2,20,21,22);1H. The maximum absolute atomic E-state index is 12.1. The van der Waals surface area contributed by atoms with Crippen LogP contribution in [0.4, 0.5) is 0 Å². The summed E-state index contributed by atoms with van der Waals surface area (Å²) in [7, 11) is -0.672. The van der Waals surface area contributed by atoms with E-state index in [1.165, 1.54) is 32.2 Å². The van der Waals surface area contributed by atoms with Crippen LogP contribution in [0, 0.1) is 0 Å². The van der Waals surface area contributed by atoms with Crippen molar-refractivity contribution in [3.63, 3.8) is 0 Å². The summed E-state index contributed by atoms with van der Waals surface area (Å²) in [5.41, 5.74) is 0. The summed E-state index contributed by atoms with van der Waals surface area (Å²) in [6, 6.07) is 1.10. The van der Waals surface area contributed by atoms with Gasteiger partial charge in [0.2, 0.25) is 0 Å². The zero-order valence-electron chi connectivity index (χ0n) is 16.8. The van der Waals surface area contributed by atoms with E-state index in [0.29, 0.717) is 17.3 Å². The van der Waals surface area contributed by atoms with Crippen LogP contribution < -0.4 is 10.6 Å². The molecule has 4 atom stereocenters. The van der Waals surface area contributed by atoms with Crippen molar-refractivity contribution in [3.8, 4) is 0 Å². The van der Waals surface area contributed by atoms with E-state index in [1.807, 2.05) is 6.92 Å². The Balaban J connectivity index is 0.00000338. The van der Waals surface area contributed by atoms with Gasteiger partial charge in [-0.2, -0.15) is 0 Å². The Morgan fingerprint density at radius 3 is 2.69 bits per heavy atom. The van der Waals surface area contributed by atoms with Crippen molar-refractivity contribution in [2.45, 2.75) is 83.1 Å². The minimum absolute atomic E-state index is 0. The van der Waals surface area contributed by atoms with Gasteiger partial charge in [-0.25, -0.2) is 0 Å². The van der Waals surface area contributed by atoms with Gasteiger partial charge < -0.3 is 10.6 Å². The van der Waals surface area contributed by atoms with E-state index in [0.717, 1.165) is 50.6 Å². The highest BCUT2D eigenvalue weighted by molar-refractivity contribution is 14.0. The molecule has 2 N–H and O–H groups in total. The second kappa shape index (κ2) is 13.3. The van der Waals surface area contributed by atoms with E-state index >= 15 is 0 Å². The smallest absolute Gasteiger partial charge is 0.191 e. The summed E-state index contributed by atoms with van der Waals surface area (Å²) in [6.45, 7) is 10.5. The van der Waals surface area contributed by atoms with Gasteiger partial charge >= 0.3 is 0 Å². The van der Waals surface area contributed by atoms with Crippen LogP contribution in [0.1, 0.15) is 65.7 Å². The normalized spacial score (nSPS) is 28.9. The number of nitrogens with one attached hydrogen (secondary N) is 2. The number of halogens is 1. The van der Waals surface area contributed by atoms with Crippen LogP contribution in [0.25, 0.3) is 0 Å². The third-order valence-corrected chi connectivity index (χ3v) is 7.31. The molecule has 0 amide bonds. The van der Waals surface area contributed by atoms with Crippen LogP contribution in [-0.4, -0.2) is 64.3 Å². The predicted octanol–water partition coefficient (Wildman–Crippen LogP) is 3.11. The van der Waals surface area contributed by atoms with Crippen molar-refractivity contribution < 1.29 is 4.21 Å². The first kappa shape index (κ1) is 24.1. The van der Waals surface area contributed by atoms with Gasteiger partial charge in [-0.1, -0.05) is 19.8 Å². The SMILES string of the molecule is CCNC(=NCCN1CCCCC1C)NC1CCCC(S(=O)CC)C1.I. The van der Waals surface area contributed by atoms with E-state index in [-0.39, 0.29) is 24.0 Å². The second-order valence-corrected chi connectivity index (χ2v) is 9.45. The predicted molar refractivity (Wildman–Crippen MR) is 124 cm³/mol. The largest absolute Gasteiger partial charge is 0.357 e. The van der Waals surface area contributed by atoms with Crippen molar-refractivity contribution in [2.24, 2.45) is 4.99 Å². The number of nitrogens with zero attached hydrogens (tertiary/aromatic N) is 2. The molecule has 2 aliphatic rings. The number of rotatable bonds is 7. The molecule has 0 radical (unpaired) electrons. The third-order valence-electron chi connectivity index (χ3n) is 5.57. The molecule has 5 nitrogen and oxygen atoms in total. The molecule has 0 aromatic heterocycles. The van der Waals surface area contributed by atoms with Gasteiger partial charge in [-0.05, 0) is 52.5 Å². The molecule has 0 spiro atoms. The summed E-state index contributed by atoms with van der Waals surface area (Å²) >= 11 is 0. The molecule has 4 unspecified atom stereocenters. The molecule has 0 aromatic rings. The highest BCUT2D eigenvalue weighted by atomic mass is 127. The minimum Gasteiger partial charge on any atom is -0.357 e. The Morgan fingerprint density at radius 1 is 1.19 bits per heavy atom. The number of guanidine groups is 1. The van der Waals surface area contributed by atoms with Crippen LogP contribution in [0.2, 0.25) is 0 Å². The van der Waals surface area contributed by atoms with Crippen LogP contribution in [-0.2, 0) is 10.8 Å². The minimum atomic E-state index is -0.672. The van der Waals surface area contributed by atoms with E-state index in [9.17, 15) is 4.21 Å². The summed E-state index contributed by atoms with van der Waals surface area (Å²) in [6.07, 6.45) is 8.45. The maximum atomic E-state index is 12.1. The van der Waals surface area contributed by atoms with Crippen molar-refractivity contribution in [1.82, 2.24) is 15.5 Å². The molecule has 1 aliphatic heterocycles. The first-order valence-electron chi connectivity index (χ1n) is 10.3. The first-order valence-corrected chi connectivity index (χ1v) is 11.7. The number of hydrogen-bond donors (Lipinski definition) is 2. The maximum Gasteiger partial charge on any atom is 0.191 e. The number of aliphatic imine (C=N–C) groups is 1. The highest BCUT2D eigenvalue weighted by Gasteiger charge is 2.26. The van der Waals surface area contributed by atoms with Gasteiger partial charge in [-0.15, -0.1) is 24.0 Å². The van der Waals surface area contributed by atoms with Crippen molar-refractivity contribution >= 4 is 40.7 Å². The fourth-order valence-corrected chi connectivity index (χ4v) is 5.39. The Hall–Kier alpha value is 0.110. The average molecular weight is 499 g/mol. The molecular weight excluding hydrogens is 459 g/mol. The molecule has 1 saturated carbocycles. The molecule has 2 rings (SSSR count). The lowest BCUT2D eigenvalue weighted by atomic mass is 9.95. The first-order chi connectivity index (χ1) is 12.1. The van der Waals surface area contributed by atoms with Gasteiger partial charge in [0, 0.05) is 47.0 Å². The Bertz CT molecular complexity index is 449. The van der Waals surface area contributed by atoms with Gasteiger partial charge in [-0.3, -0.25) is 14.1 Å². The van der Waals surface area contributed by atoms with Gasteiger partial charge in [0.15, 0.2) is 5.96 Å². The Kier molecular flexibility index (Phi) is 12.4. The second-order valence-electron chi connectivity index (χ2n) is 7.44. The van der Waals surface area contributed by atoms with Gasteiger partial charge in [0.1, 0.15) is 0 Å². The summed E-state index contributed by atoms with van der Waals surface area (Å²) in [5, 5.41) is 7.34. The Labute approximate surface area is 180 Å². The molecule has 154 valence electrons. The van der Waals surface area contributed by atoms with Crippen molar-refractivity contribution in [2.75, 3.05) is 31.9 Å². The quantitative estimate of drug-likeness (QED) is 0.322. The zero-order chi connectivity index (χ0) is 18.1. The lowest BCUT2D eigenvalue weighted by Crippen LogP contribution is -2.47. The molecule has 1 aliphatic carbocycles. The fourth-order valence-electron chi connectivity index (χ4n) is 4.04. The van der Waals surface area contributed by atoms with E-state index in [1.54, 1.807) is 0 Å². The Morgan fingerprint density at radius 2 is 2.00 bits per heavy atom. The fraction of sp³-hybridized carbons (Fsp3) is 0.947. The van der Waals surface area contributed by atoms with Crippen LogP contribution in [0.3, 0.4) is 0 Å². The molecule has 1 heterocycles. The number of likely N-dealkylation sites (tertiary alicyclic amines) is 1. The molecule has 0 aromatic carbocycles. The third kappa shape index (κ3) is 8.00. The van der Waals surface area contributed by atoms with Crippen molar-refractivity contribution in [1.29, 1.82) is 0 Å². The van der Waals surface area contributed by atoms with E-state index < -0.39 is 10.8 Å². The molecule has 26 heavy (non-hydrogen) atoms. The number of hydrogen-bond acceptors (Lipinski definition) is 3.